The molecule has 1 aliphatic rings. The third kappa shape index (κ3) is 7.03. The molecule has 0 saturated heterocycles. The Kier molecular flexibility index (Phi) is 11.8. The smallest absolute Gasteiger partial charge is 0.236 e. The number of amides is 1. The van der Waals surface area contributed by atoms with Gasteiger partial charge in [-0.2, -0.15) is 0 Å². The van der Waals surface area contributed by atoms with E-state index in [1.54, 1.807) is 0 Å². The summed E-state index contributed by atoms with van der Waals surface area (Å²) in [6, 6.07) is -0.379. The number of carbonyl (C=O) groups excluding carboxylic acids is 1. The quantitative estimate of drug-likeness (QED) is 0.769. The van der Waals surface area contributed by atoms with Gasteiger partial charge in [-0.05, 0) is 45.2 Å². The lowest BCUT2D eigenvalue weighted by Crippen LogP contribution is -2.56. The maximum atomic E-state index is 12.1. The van der Waals surface area contributed by atoms with Gasteiger partial charge in [-0.15, -0.1) is 24.8 Å². The maximum absolute atomic E-state index is 12.1. The van der Waals surface area contributed by atoms with Crippen molar-refractivity contribution in [2.75, 3.05) is 20.6 Å². The van der Waals surface area contributed by atoms with Crippen LogP contribution in [0.3, 0.4) is 0 Å². The lowest BCUT2D eigenvalue weighted by atomic mass is 9.75. The van der Waals surface area contributed by atoms with Gasteiger partial charge in [0.2, 0.25) is 5.91 Å². The van der Waals surface area contributed by atoms with Crippen molar-refractivity contribution in [1.82, 2.24) is 10.2 Å². The fourth-order valence-corrected chi connectivity index (χ4v) is 3.35. The summed E-state index contributed by atoms with van der Waals surface area (Å²) in [7, 11) is 4.25. The summed E-state index contributed by atoms with van der Waals surface area (Å²) in [4.78, 5) is 14.4. The Balaban J connectivity index is 0. The predicted octanol–water partition coefficient (Wildman–Crippen LogP) is 2.83. The molecule has 1 fully saturated rings. The molecule has 1 rings (SSSR count). The van der Waals surface area contributed by atoms with Gasteiger partial charge in [0.25, 0.3) is 0 Å². The van der Waals surface area contributed by atoms with E-state index in [-0.39, 0.29) is 42.3 Å². The molecule has 1 aliphatic carbocycles. The van der Waals surface area contributed by atoms with E-state index >= 15 is 0 Å². The molecular weight excluding hydrogens is 321 g/mol. The van der Waals surface area contributed by atoms with Crippen LogP contribution in [-0.2, 0) is 4.79 Å². The van der Waals surface area contributed by atoms with Crippen molar-refractivity contribution in [3.8, 4) is 0 Å². The zero-order valence-corrected chi connectivity index (χ0v) is 16.4. The minimum atomic E-state index is -0.379. The Hall–Kier alpha value is -0.0300. The molecule has 0 aliphatic heterocycles. The first-order valence-electron chi connectivity index (χ1n) is 7.97. The van der Waals surface area contributed by atoms with Gasteiger partial charge in [-0.25, -0.2) is 0 Å². The Morgan fingerprint density at radius 3 is 2.41 bits per heavy atom. The second kappa shape index (κ2) is 10.7. The SMILES string of the molecule is CC(C)C[C@H](N)C(=O)NCC1(N(C)C)CCCC(C)C1.Cl.Cl. The first-order valence-corrected chi connectivity index (χ1v) is 7.97. The van der Waals surface area contributed by atoms with Crippen LogP contribution in [0.2, 0.25) is 0 Å². The van der Waals surface area contributed by atoms with Crippen molar-refractivity contribution in [2.45, 2.75) is 64.5 Å². The molecule has 3 atom stereocenters. The molecule has 134 valence electrons. The molecule has 1 amide bonds. The first-order chi connectivity index (χ1) is 9.27. The molecule has 0 aromatic carbocycles. The molecule has 0 heterocycles. The zero-order chi connectivity index (χ0) is 15.3. The van der Waals surface area contributed by atoms with Crippen molar-refractivity contribution in [2.24, 2.45) is 17.6 Å². The van der Waals surface area contributed by atoms with Gasteiger partial charge >= 0.3 is 0 Å². The Labute approximate surface area is 148 Å². The molecule has 1 saturated carbocycles. The Morgan fingerprint density at radius 2 is 1.95 bits per heavy atom. The van der Waals surface area contributed by atoms with Crippen LogP contribution in [0.25, 0.3) is 0 Å². The summed E-state index contributed by atoms with van der Waals surface area (Å²) >= 11 is 0. The fraction of sp³-hybridized carbons (Fsp3) is 0.938. The first kappa shape index (κ1) is 24.2. The number of likely N-dealkylation sites (N-methyl/N-ethyl adjacent to an activating group) is 1. The van der Waals surface area contributed by atoms with Crippen LogP contribution in [-0.4, -0.2) is 43.0 Å². The predicted molar refractivity (Wildman–Crippen MR) is 99.0 cm³/mol. The van der Waals surface area contributed by atoms with E-state index in [1.165, 1.54) is 12.8 Å². The van der Waals surface area contributed by atoms with Gasteiger partial charge in [-0.3, -0.25) is 4.79 Å². The van der Waals surface area contributed by atoms with Crippen molar-refractivity contribution < 1.29 is 4.79 Å². The molecule has 0 bridgehead atoms. The van der Waals surface area contributed by atoms with Gasteiger partial charge in [0.1, 0.15) is 0 Å². The van der Waals surface area contributed by atoms with Crippen molar-refractivity contribution in [3.05, 3.63) is 0 Å². The van der Waals surface area contributed by atoms with Crippen molar-refractivity contribution >= 4 is 30.7 Å². The number of halogens is 2. The van der Waals surface area contributed by atoms with Crippen LogP contribution in [0, 0.1) is 11.8 Å². The Morgan fingerprint density at radius 1 is 1.36 bits per heavy atom. The Bertz CT molecular complexity index is 327. The summed E-state index contributed by atoms with van der Waals surface area (Å²) in [5.74, 6) is 1.18. The van der Waals surface area contributed by atoms with E-state index in [0.29, 0.717) is 5.92 Å². The van der Waals surface area contributed by atoms with E-state index in [4.69, 9.17) is 5.73 Å². The molecule has 6 heteroatoms. The van der Waals surface area contributed by atoms with Crippen LogP contribution < -0.4 is 11.1 Å². The van der Waals surface area contributed by atoms with E-state index < -0.39 is 0 Å². The second-order valence-electron chi connectivity index (χ2n) is 7.27. The lowest BCUT2D eigenvalue weighted by Gasteiger charge is -2.45. The number of nitrogens with one attached hydrogen (secondary N) is 1. The number of carbonyl (C=O) groups is 1. The average molecular weight is 356 g/mol. The number of hydrogen-bond donors (Lipinski definition) is 2. The third-order valence-corrected chi connectivity index (χ3v) is 4.67. The average Bonchev–Trinajstić information content (AvgIpc) is 2.34. The van der Waals surface area contributed by atoms with Gasteiger partial charge in [-0.1, -0.05) is 33.6 Å². The highest BCUT2D eigenvalue weighted by molar-refractivity contribution is 5.85. The standard InChI is InChI=1S/C16H33N3O.2ClH/c1-12(2)9-14(17)15(20)18-11-16(19(4)5)8-6-7-13(3)10-16;;/h12-14H,6-11,17H2,1-5H3,(H,18,20);2*1H/t13?,14-,16?;;/m0../s1. The molecule has 2 unspecified atom stereocenters. The van der Waals surface area contributed by atoms with Crippen molar-refractivity contribution in [3.63, 3.8) is 0 Å². The number of nitrogens with zero attached hydrogens (tertiary/aromatic N) is 1. The van der Waals surface area contributed by atoms with Gasteiger partial charge < -0.3 is 16.0 Å². The second-order valence-corrected chi connectivity index (χ2v) is 7.27. The van der Waals surface area contributed by atoms with Crippen LogP contribution in [0.15, 0.2) is 0 Å². The summed E-state index contributed by atoms with van der Waals surface area (Å²) in [6.45, 7) is 7.22. The lowest BCUT2D eigenvalue weighted by molar-refractivity contribution is -0.123. The highest BCUT2D eigenvalue weighted by Crippen LogP contribution is 2.35. The fourth-order valence-electron chi connectivity index (χ4n) is 3.35. The molecular formula is C16H35Cl2N3O. The van der Waals surface area contributed by atoms with Crippen LogP contribution in [0.4, 0.5) is 0 Å². The molecule has 4 nitrogen and oxygen atoms in total. The third-order valence-electron chi connectivity index (χ3n) is 4.67. The summed E-state index contributed by atoms with van der Waals surface area (Å²) < 4.78 is 0. The molecule has 0 spiro atoms. The van der Waals surface area contributed by atoms with Gasteiger partial charge in [0, 0.05) is 12.1 Å². The summed E-state index contributed by atoms with van der Waals surface area (Å²) in [5, 5.41) is 3.09. The zero-order valence-electron chi connectivity index (χ0n) is 14.7. The van der Waals surface area contributed by atoms with Crippen LogP contribution >= 0.6 is 24.8 Å². The summed E-state index contributed by atoms with van der Waals surface area (Å²) in [5.41, 5.74) is 6.06. The summed E-state index contributed by atoms with van der Waals surface area (Å²) in [6.07, 6.45) is 5.60. The van der Waals surface area contributed by atoms with E-state index in [0.717, 1.165) is 31.7 Å². The largest absolute Gasteiger partial charge is 0.353 e. The highest BCUT2D eigenvalue weighted by atomic mass is 35.5. The van der Waals surface area contributed by atoms with E-state index in [1.807, 2.05) is 0 Å². The minimum absolute atomic E-state index is 0. The van der Waals surface area contributed by atoms with Crippen LogP contribution in [0.5, 0.6) is 0 Å². The van der Waals surface area contributed by atoms with E-state index in [2.05, 4.69) is 45.1 Å². The van der Waals surface area contributed by atoms with Gasteiger partial charge in [0.05, 0.1) is 6.04 Å². The normalized spacial score (nSPS) is 26.1. The van der Waals surface area contributed by atoms with Crippen LogP contribution in [0.1, 0.15) is 52.9 Å². The topological polar surface area (TPSA) is 58.4 Å². The molecule has 3 N–H and O–H groups in total. The number of rotatable bonds is 6. The van der Waals surface area contributed by atoms with Gasteiger partial charge in [0.15, 0.2) is 0 Å². The number of hydrogen-bond acceptors (Lipinski definition) is 3. The van der Waals surface area contributed by atoms with Crippen molar-refractivity contribution in [1.29, 1.82) is 0 Å². The molecule has 22 heavy (non-hydrogen) atoms. The highest BCUT2D eigenvalue weighted by Gasteiger charge is 2.37. The monoisotopic (exact) mass is 355 g/mol. The van der Waals surface area contributed by atoms with E-state index in [9.17, 15) is 4.79 Å². The molecule has 0 radical (unpaired) electrons. The molecule has 0 aromatic rings. The molecule has 0 aromatic heterocycles. The maximum Gasteiger partial charge on any atom is 0.236 e. The minimum Gasteiger partial charge on any atom is -0.353 e. The number of nitrogens with two attached hydrogens (primary N) is 1.